The van der Waals surface area contributed by atoms with Gasteiger partial charge >= 0.3 is 11.9 Å². The number of ether oxygens (including phenoxy) is 5. The molecule has 0 amide bonds. The molecule has 0 bridgehead atoms. The summed E-state index contributed by atoms with van der Waals surface area (Å²) in [4.78, 5) is 23.8. The Labute approximate surface area is 179 Å². The smallest absolute Gasteiger partial charge is 0.345 e. The molecule has 0 saturated heterocycles. The zero-order valence-electron chi connectivity index (χ0n) is 17.6. The Balaban J connectivity index is 2.16. The van der Waals surface area contributed by atoms with Crippen LogP contribution in [-0.4, -0.2) is 56.7 Å². The third kappa shape index (κ3) is 6.05. The van der Waals surface area contributed by atoms with Gasteiger partial charge in [-0.15, -0.1) is 0 Å². The van der Waals surface area contributed by atoms with Crippen molar-refractivity contribution in [3.8, 4) is 28.7 Å². The zero-order chi connectivity index (χ0) is 23.0. The molecule has 0 heterocycles. The average molecular weight is 432 g/mol. The van der Waals surface area contributed by atoms with Crippen molar-refractivity contribution in [1.29, 1.82) is 0 Å². The molecule has 2 rings (SSSR count). The molecular formula is C22H24O9. The summed E-state index contributed by atoms with van der Waals surface area (Å²) in [6, 6.07) is 7.66. The van der Waals surface area contributed by atoms with Crippen molar-refractivity contribution in [2.24, 2.45) is 0 Å². The number of hydrogen-bond donors (Lipinski definition) is 2. The van der Waals surface area contributed by atoms with Gasteiger partial charge in [0.15, 0.2) is 23.0 Å². The molecule has 0 aromatic heterocycles. The highest BCUT2D eigenvalue weighted by Gasteiger charge is 2.24. The van der Waals surface area contributed by atoms with Crippen LogP contribution in [0.15, 0.2) is 36.4 Å². The second-order valence-corrected chi connectivity index (χ2v) is 6.27. The highest BCUT2D eigenvalue weighted by Crippen LogP contribution is 2.38. The number of carbonyl (C=O) groups is 2. The number of carboxylic acids is 1. The molecule has 0 saturated carbocycles. The van der Waals surface area contributed by atoms with Crippen molar-refractivity contribution >= 4 is 18.0 Å². The van der Waals surface area contributed by atoms with Crippen molar-refractivity contribution < 1.29 is 43.5 Å². The van der Waals surface area contributed by atoms with Crippen LogP contribution in [0.3, 0.4) is 0 Å². The fraction of sp³-hybridized carbons (Fsp3) is 0.273. The number of hydrogen-bond acceptors (Lipinski definition) is 8. The zero-order valence-corrected chi connectivity index (χ0v) is 17.6. The average Bonchev–Trinajstić information content (AvgIpc) is 2.77. The van der Waals surface area contributed by atoms with E-state index >= 15 is 0 Å². The summed E-state index contributed by atoms with van der Waals surface area (Å²) in [5.74, 6) is -0.875. The third-order valence-corrected chi connectivity index (χ3v) is 4.30. The van der Waals surface area contributed by atoms with Gasteiger partial charge in [0, 0.05) is 12.5 Å². The molecule has 166 valence electrons. The second-order valence-electron chi connectivity index (χ2n) is 6.27. The maximum absolute atomic E-state index is 12.2. The minimum absolute atomic E-state index is 0.0430. The summed E-state index contributed by atoms with van der Waals surface area (Å²) in [7, 11) is 5.74. The summed E-state index contributed by atoms with van der Waals surface area (Å²) in [5.41, 5.74) is 1.07. The van der Waals surface area contributed by atoms with Crippen LogP contribution < -0.4 is 18.9 Å². The summed E-state index contributed by atoms with van der Waals surface area (Å²) in [6.07, 6.45) is 0.965. The van der Waals surface area contributed by atoms with Gasteiger partial charge in [-0.1, -0.05) is 6.07 Å². The van der Waals surface area contributed by atoms with Gasteiger partial charge in [-0.25, -0.2) is 9.59 Å². The first-order valence-corrected chi connectivity index (χ1v) is 9.10. The van der Waals surface area contributed by atoms with Gasteiger partial charge in [0.05, 0.1) is 28.4 Å². The molecule has 0 spiro atoms. The third-order valence-electron chi connectivity index (χ3n) is 4.30. The normalized spacial score (nSPS) is 11.6. The molecule has 31 heavy (non-hydrogen) atoms. The van der Waals surface area contributed by atoms with Crippen molar-refractivity contribution in [2.75, 3.05) is 28.4 Å². The Morgan fingerprint density at radius 1 is 0.935 bits per heavy atom. The van der Waals surface area contributed by atoms with E-state index in [4.69, 9.17) is 23.7 Å². The molecule has 0 aliphatic rings. The van der Waals surface area contributed by atoms with Crippen molar-refractivity contribution in [2.45, 2.75) is 12.5 Å². The SMILES string of the molecule is COc1cc(C=CC(=O)O[C@@H](Cc2cc(OC)c(OC)c(OC)c2)C(=O)O)ccc1O. The van der Waals surface area contributed by atoms with Gasteiger partial charge in [-0.05, 0) is 41.5 Å². The van der Waals surface area contributed by atoms with Gasteiger partial charge < -0.3 is 33.9 Å². The number of benzene rings is 2. The molecule has 2 N–H and O–H groups in total. The number of aromatic hydroxyl groups is 1. The molecular weight excluding hydrogens is 408 g/mol. The summed E-state index contributed by atoms with van der Waals surface area (Å²) >= 11 is 0. The van der Waals surface area contributed by atoms with Gasteiger partial charge in [0.1, 0.15) is 0 Å². The lowest BCUT2D eigenvalue weighted by molar-refractivity contribution is -0.160. The lowest BCUT2D eigenvalue weighted by Crippen LogP contribution is -2.28. The highest BCUT2D eigenvalue weighted by molar-refractivity contribution is 5.89. The van der Waals surface area contributed by atoms with Crippen LogP contribution in [0, 0.1) is 0 Å². The Bertz CT molecular complexity index is 940. The first-order valence-electron chi connectivity index (χ1n) is 9.10. The Hall–Kier alpha value is -3.88. The molecule has 2 aromatic rings. The fourth-order valence-electron chi connectivity index (χ4n) is 2.79. The lowest BCUT2D eigenvalue weighted by Gasteiger charge is -2.16. The van der Waals surface area contributed by atoms with Crippen molar-refractivity contribution in [3.05, 3.63) is 47.5 Å². The second kappa shape index (κ2) is 10.8. The largest absolute Gasteiger partial charge is 0.504 e. The highest BCUT2D eigenvalue weighted by atomic mass is 16.6. The Morgan fingerprint density at radius 2 is 1.55 bits per heavy atom. The van der Waals surface area contributed by atoms with E-state index in [-0.39, 0.29) is 17.9 Å². The minimum Gasteiger partial charge on any atom is -0.504 e. The van der Waals surface area contributed by atoms with E-state index in [1.807, 2.05) is 0 Å². The van der Waals surface area contributed by atoms with E-state index in [1.54, 1.807) is 18.2 Å². The number of aliphatic carboxylic acids is 1. The van der Waals surface area contributed by atoms with Crippen molar-refractivity contribution in [1.82, 2.24) is 0 Å². The van der Waals surface area contributed by atoms with E-state index < -0.39 is 18.0 Å². The number of rotatable bonds is 10. The number of carboxylic acid groups (broad SMARTS) is 1. The molecule has 1 atom stereocenters. The number of methoxy groups -OCH3 is 4. The molecule has 2 aromatic carbocycles. The van der Waals surface area contributed by atoms with E-state index in [2.05, 4.69) is 0 Å². The molecule has 0 aliphatic heterocycles. The predicted octanol–water partition coefficient (Wildman–Crippen LogP) is 2.68. The fourth-order valence-corrected chi connectivity index (χ4v) is 2.79. The number of phenolic OH excluding ortho intramolecular Hbond substituents is 1. The first-order chi connectivity index (χ1) is 14.8. The van der Waals surface area contributed by atoms with Crippen LogP contribution in [0.4, 0.5) is 0 Å². The van der Waals surface area contributed by atoms with Gasteiger partial charge in [-0.2, -0.15) is 0 Å². The topological polar surface area (TPSA) is 121 Å². The minimum atomic E-state index is -1.44. The van der Waals surface area contributed by atoms with Crippen molar-refractivity contribution in [3.63, 3.8) is 0 Å². The standard InChI is InChI=1S/C22H24O9/c1-27-16-9-13(5-7-15(16)23)6-8-20(24)31-19(22(25)26)12-14-10-17(28-2)21(30-4)18(11-14)29-3/h5-11,19,23H,12H2,1-4H3,(H,25,26)/t19-/m0/s1. The monoisotopic (exact) mass is 432 g/mol. The van der Waals surface area contributed by atoms with Gasteiger partial charge in [0.2, 0.25) is 11.9 Å². The first kappa shape index (κ1) is 23.4. The molecule has 0 unspecified atom stereocenters. The summed E-state index contributed by atoms with van der Waals surface area (Å²) in [6.45, 7) is 0. The predicted molar refractivity (Wildman–Crippen MR) is 111 cm³/mol. The van der Waals surface area contributed by atoms with Crippen LogP contribution in [0.5, 0.6) is 28.7 Å². The van der Waals surface area contributed by atoms with Gasteiger partial charge in [0.25, 0.3) is 0 Å². The van der Waals surface area contributed by atoms with E-state index in [0.29, 0.717) is 28.4 Å². The van der Waals surface area contributed by atoms with E-state index in [9.17, 15) is 19.8 Å². The van der Waals surface area contributed by atoms with E-state index in [0.717, 1.165) is 6.08 Å². The maximum atomic E-state index is 12.2. The number of carbonyl (C=O) groups excluding carboxylic acids is 1. The lowest BCUT2D eigenvalue weighted by atomic mass is 10.1. The van der Waals surface area contributed by atoms with Gasteiger partial charge in [-0.3, -0.25) is 0 Å². The quantitative estimate of drug-likeness (QED) is 0.431. The molecule has 0 aliphatic carbocycles. The van der Waals surface area contributed by atoms with Crippen LogP contribution in [0.2, 0.25) is 0 Å². The summed E-state index contributed by atoms with van der Waals surface area (Å²) < 4.78 is 25.9. The Kier molecular flexibility index (Phi) is 8.13. The number of esters is 1. The number of phenols is 1. The summed E-state index contributed by atoms with van der Waals surface area (Å²) in [5, 5.41) is 19.1. The molecule has 9 nitrogen and oxygen atoms in total. The molecule has 0 fully saturated rings. The molecule has 9 heteroatoms. The molecule has 0 radical (unpaired) electrons. The van der Waals surface area contributed by atoms with Crippen LogP contribution in [-0.2, 0) is 20.7 Å². The Morgan fingerprint density at radius 3 is 2.06 bits per heavy atom. The van der Waals surface area contributed by atoms with Crippen LogP contribution >= 0.6 is 0 Å². The van der Waals surface area contributed by atoms with Crippen LogP contribution in [0.1, 0.15) is 11.1 Å². The van der Waals surface area contributed by atoms with E-state index in [1.165, 1.54) is 46.6 Å². The van der Waals surface area contributed by atoms with Crippen LogP contribution in [0.25, 0.3) is 6.08 Å². The maximum Gasteiger partial charge on any atom is 0.345 e.